The summed E-state index contributed by atoms with van der Waals surface area (Å²) in [6, 6.07) is 0. The van der Waals surface area contributed by atoms with Gasteiger partial charge in [0.05, 0.1) is 17.3 Å². The van der Waals surface area contributed by atoms with E-state index < -0.39 is 14.8 Å². The van der Waals surface area contributed by atoms with Crippen LogP contribution in [0, 0.1) is 5.92 Å². The minimum atomic E-state index is -3.36. The largest absolute Gasteiger partial charge is 0.466 e. The third-order valence-electron chi connectivity index (χ3n) is 3.12. The molecule has 1 aliphatic rings. The van der Waals surface area contributed by atoms with Crippen LogP contribution in [0.2, 0.25) is 0 Å². The van der Waals surface area contributed by atoms with Crippen LogP contribution < -0.4 is 0 Å². The molecule has 1 rings (SSSR count). The summed E-state index contributed by atoms with van der Waals surface area (Å²) in [5.41, 5.74) is 0. The molecule has 1 aliphatic heterocycles. The van der Waals surface area contributed by atoms with Crippen LogP contribution in [0.3, 0.4) is 0 Å². The van der Waals surface area contributed by atoms with Crippen molar-refractivity contribution in [1.82, 2.24) is 4.31 Å². The van der Waals surface area contributed by atoms with Crippen LogP contribution in [0.5, 0.6) is 0 Å². The first-order chi connectivity index (χ1) is 8.20. The lowest BCUT2D eigenvalue weighted by Crippen LogP contribution is -2.48. The minimum Gasteiger partial charge on any atom is -0.466 e. The molecule has 1 fully saturated rings. The molecular weight excluding hydrogens is 254 g/mol. The Kier molecular flexibility index (Phi) is 4.78. The number of rotatable bonds is 3. The maximum absolute atomic E-state index is 12.3. The quantitative estimate of drug-likeness (QED) is 0.731. The maximum Gasteiger partial charge on any atom is 0.310 e. The Balaban J connectivity index is 2.79. The molecule has 1 atom stereocenters. The summed E-state index contributed by atoms with van der Waals surface area (Å²) in [5.74, 6) is -0.609. The van der Waals surface area contributed by atoms with Crippen molar-refractivity contribution in [2.24, 2.45) is 5.92 Å². The third-order valence-corrected chi connectivity index (χ3v) is 5.68. The lowest BCUT2D eigenvalue weighted by molar-refractivity contribution is -0.149. The Bertz CT molecular complexity index is 397. The number of sulfonamides is 1. The SMILES string of the molecule is CCOC(=O)C1CCCN(S(=O)(=O)C(C)(C)C)C1. The molecule has 1 saturated heterocycles. The molecule has 0 bridgehead atoms. The van der Waals surface area contributed by atoms with Gasteiger partial charge in [-0.1, -0.05) is 0 Å². The number of piperidine rings is 1. The van der Waals surface area contributed by atoms with E-state index in [1.54, 1.807) is 27.7 Å². The van der Waals surface area contributed by atoms with Gasteiger partial charge in [-0.15, -0.1) is 0 Å². The summed E-state index contributed by atoms with van der Waals surface area (Å²) in [6.45, 7) is 7.86. The molecule has 0 amide bonds. The van der Waals surface area contributed by atoms with Crippen LogP contribution in [-0.2, 0) is 19.6 Å². The van der Waals surface area contributed by atoms with Crippen molar-refractivity contribution in [2.45, 2.75) is 45.3 Å². The zero-order valence-electron chi connectivity index (χ0n) is 11.6. The number of hydrogen-bond acceptors (Lipinski definition) is 4. The molecule has 1 unspecified atom stereocenters. The van der Waals surface area contributed by atoms with E-state index in [9.17, 15) is 13.2 Å². The topological polar surface area (TPSA) is 63.7 Å². The van der Waals surface area contributed by atoms with Gasteiger partial charge in [0.25, 0.3) is 0 Å². The van der Waals surface area contributed by atoms with E-state index in [1.165, 1.54) is 4.31 Å². The van der Waals surface area contributed by atoms with Crippen molar-refractivity contribution in [1.29, 1.82) is 0 Å². The van der Waals surface area contributed by atoms with Crippen LogP contribution in [0.25, 0.3) is 0 Å². The second-order valence-corrected chi connectivity index (χ2v) is 8.26. The molecule has 0 aromatic heterocycles. The third kappa shape index (κ3) is 3.23. The molecule has 0 saturated carbocycles. The number of carbonyl (C=O) groups is 1. The van der Waals surface area contributed by atoms with Gasteiger partial charge in [0, 0.05) is 13.1 Å². The van der Waals surface area contributed by atoms with Crippen LogP contribution in [0.4, 0.5) is 0 Å². The second-order valence-electron chi connectivity index (χ2n) is 5.57. The van der Waals surface area contributed by atoms with Gasteiger partial charge in [-0.05, 0) is 40.5 Å². The number of ether oxygens (including phenoxy) is 1. The second kappa shape index (κ2) is 5.57. The van der Waals surface area contributed by atoms with Crippen molar-refractivity contribution in [3.8, 4) is 0 Å². The van der Waals surface area contributed by atoms with Crippen molar-refractivity contribution in [2.75, 3.05) is 19.7 Å². The Hall–Kier alpha value is -0.620. The first-order valence-electron chi connectivity index (χ1n) is 6.36. The highest BCUT2D eigenvalue weighted by molar-refractivity contribution is 7.90. The molecule has 5 nitrogen and oxygen atoms in total. The molecule has 6 heteroatoms. The molecule has 0 aromatic rings. The Morgan fingerprint density at radius 1 is 1.39 bits per heavy atom. The molecule has 0 aliphatic carbocycles. The van der Waals surface area contributed by atoms with Gasteiger partial charge in [-0.3, -0.25) is 4.79 Å². The highest BCUT2D eigenvalue weighted by Crippen LogP contribution is 2.26. The molecule has 18 heavy (non-hydrogen) atoms. The molecule has 0 spiro atoms. The normalized spacial score (nSPS) is 22.8. The van der Waals surface area contributed by atoms with Gasteiger partial charge in [0.2, 0.25) is 10.0 Å². The molecule has 0 N–H and O–H groups in total. The van der Waals surface area contributed by atoms with E-state index in [1.807, 2.05) is 0 Å². The van der Waals surface area contributed by atoms with E-state index in [0.717, 1.165) is 0 Å². The fraction of sp³-hybridized carbons (Fsp3) is 0.917. The lowest BCUT2D eigenvalue weighted by Gasteiger charge is -2.35. The number of hydrogen-bond donors (Lipinski definition) is 0. The fourth-order valence-corrected chi connectivity index (χ4v) is 3.52. The summed E-state index contributed by atoms with van der Waals surface area (Å²) >= 11 is 0. The number of nitrogens with zero attached hydrogens (tertiary/aromatic N) is 1. The summed E-state index contributed by atoms with van der Waals surface area (Å²) < 4.78 is 30.2. The smallest absolute Gasteiger partial charge is 0.310 e. The summed E-state index contributed by atoms with van der Waals surface area (Å²) in [5, 5.41) is 0. The van der Waals surface area contributed by atoms with E-state index in [4.69, 9.17) is 4.74 Å². The highest BCUT2D eigenvalue weighted by atomic mass is 32.2. The van der Waals surface area contributed by atoms with Gasteiger partial charge in [0.15, 0.2) is 0 Å². The van der Waals surface area contributed by atoms with Gasteiger partial charge >= 0.3 is 5.97 Å². The zero-order chi connectivity index (χ0) is 14.0. The summed E-state index contributed by atoms with van der Waals surface area (Å²) in [4.78, 5) is 11.7. The summed E-state index contributed by atoms with van der Waals surface area (Å²) in [7, 11) is -3.36. The standard InChI is InChI=1S/C12H23NO4S/c1-5-17-11(14)10-7-6-8-13(9-10)18(15,16)12(2,3)4/h10H,5-9H2,1-4H3. The number of carbonyl (C=O) groups excluding carboxylic acids is 1. The first kappa shape index (κ1) is 15.4. The van der Waals surface area contributed by atoms with Crippen LogP contribution in [0.15, 0.2) is 0 Å². The molecule has 1 heterocycles. The summed E-state index contributed by atoms with van der Waals surface area (Å²) in [6.07, 6.45) is 1.41. The van der Waals surface area contributed by atoms with Gasteiger partial charge in [-0.2, -0.15) is 0 Å². The van der Waals surface area contributed by atoms with Crippen LogP contribution in [-0.4, -0.2) is 43.1 Å². The van der Waals surface area contributed by atoms with Crippen molar-refractivity contribution in [3.63, 3.8) is 0 Å². The fourth-order valence-electron chi connectivity index (χ4n) is 2.00. The average molecular weight is 277 g/mol. The predicted octanol–water partition coefficient (Wildman–Crippen LogP) is 1.39. The first-order valence-corrected chi connectivity index (χ1v) is 7.80. The zero-order valence-corrected chi connectivity index (χ0v) is 12.4. The Morgan fingerprint density at radius 2 is 2.00 bits per heavy atom. The van der Waals surface area contributed by atoms with Gasteiger partial charge < -0.3 is 4.74 Å². The van der Waals surface area contributed by atoms with Gasteiger partial charge in [0.1, 0.15) is 0 Å². The van der Waals surface area contributed by atoms with E-state index in [2.05, 4.69) is 0 Å². The van der Waals surface area contributed by atoms with Crippen LogP contribution in [0.1, 0.15) is 40.5 Å². The average Bonchev–Trinajstić information content (AvgIpc) is 2.28. The molecule has 0 aromatic carbocycles. The monoisotopic (exact) mass is 277 g/mol. The van der Waals surface area contributed by atoms with Crippen molar-refractivity contribution >= 4 is 16.0 Å². The molecule has 0 radical (unpaired) electrons. The minimum absolute atomic E-state index is 0.248. The van der Waals surface area contributed by atoms with Crippen LogP contribution >= 0.6 is 0 Å². The molecule has 106 valence electrons. The Labute approximate surface area is 110 Å². The number of esters is 1. The van der Waals surface area contributed by atoms with E-state index in [-0.39, 0.29) is 18.4 Å². The lowest BCUT2D eigenvalue weighted by atomic mass is 10.0. The highest BCUT2D eigenvalue weighted by Gasteiger charge is 2.39. The van der Waals surface area contributed by atoms with Gasteiger partial charge in [-0.25, -0.2) is 12.7 Å². The Morgan fingerprint density at radius 3 is 2.50 bits per heavy atom. The van der Waals surface area contributed by atoms with Crippen molar-refractivity contribution in [3.05, 3.63) is 0 Å². The van der Waals surface area contributed by atoms with Crippen molar-refractivity contribution < 1.29 is 17.9 Å². The van der Waals surface area contributed by atoms with E-state index >= 15 is 0 Å². The predicted molar refractivity (Wildman–Crippen MR) is 69.6 cm³/mol. The maximum atomic E-state index is 12.3. The van der Waals surface area contributed by atoms with E-state index in [0.29, 0.717) is 26.0 Å². The molecular formula is C12H23NO4S.